The van der Waals surface area contributed by atoms with E-state index in [0.29, 0.717) is 10.8 Å². The molecule has 0 heterocycles. The molecule has 0 amide bonds. The van der Waals surface area contributed by atoms with Crippen molar-refractivity contribution >= 4 is 35.1 Å². The monoisotopic (exact) mass is 929 g/mol. The van der Waals surface area contributed by atoms with E-state index >= 15 is 0 Å². The number of hydrogen-bond acceptors (Lipinski definition) is 0. The van der Waals surface area contributed by atoms with E-state index in [-0.39, 0.29) is 7.25 Å². The molecule has 0 nitrogen and oxygen atoms in total. The number of hydrogen-bond donors (Lipinski definition) is 0. The van der Waals surface area contributed by atoms with E-state index in [2.05, 4.69) is 124 Å². The molecule has 0 aliphatic heterocycles. The zero-order valence-corrected chi connectivity index (χ0v) is 42.2. The molecule has 4 aromatic rings. The Bertz CT molecular complexity index is 2140. The molecule has 0 spiro atoms. The first-order valence-corrected chi connectivity index (χ1v) is 40.5. The van der Waals surface area contributed by atoms with Gasteiger partial charge in [-0.15, -0.1) is 0 Å². The Morgan fingerprint density at radius 1 is 0.567 bits per heavy atom. The number of aryl methyl sites for hydroxylation is 2. The number of fused-ring (bicyclic) bond motifs is 6. The maximum atomic E-state index is 9.41. The van der Waals surface area contributed by atoms with Crippen molar-refractivity contribution in [1.82, 2.24) is 0 Å². The van der Waals surface area contributed by atoms with E-state index in [4.69, 9.17) is 0 Å². The third kappa shape index (κ3) is 7.06. The van der Waals surface area contributed by atoms with Crippen LogP contribution in [0.3, 0.4) is 0 Å². The second-order valence-electron chi connectivity index (χ2n) is 21.4. The molecule has 315 valence electrons. The van der Waals surface area contributed by atoms with E-state index in [1.165, 1.54) is 158 Å². The number of allylic oxidation sites excluding steroid dienone is 2. The van der Waals surface area contributed by atoms with Crippen molar-refractivity contribution in [2.24, 2.45) is 22.7 Å². The fraction of sp³-hybridized carbons (Fsp3) is 0.500. The van der Waals surface area contributed by atoms with E-state index in [0.717, 1.165) is 24.7 Å². The van der Waals surface area contributed by atoms with Gasteiger partial charge in [0.2, 0.25) is 0 Å². The molecule has 3 atom stereocenters. The average Bonchev–Trinajstić information content (AvgIpc) is 4.12. The molecule has 4 saturated carbocycles. The standard InChI is InChI=1S/2C26H29.C4H11Si.2ClH.Zr/c2*1-2-4-19-7-9-22(10-8-19)24-6-3-5-23-15-21(16-25(23)24)18-26-13-11-20(17-26)12-14-26;1-3-4-5-2;;;/h2*3,5-10,15-16,20H,2,4,11-14,17-18H2,1H3;5H,3-4H2,1-2H3;2*1H;/q;;;;;+2/p-2. The van der Waals surface area contributed by atoms with Gasteiger partial charge in [0.25, 0.3) is 0 Å². The van der Waals surface area contributed by atoms with E-state index in [9.17, 15) is 17.0 Å². The van der Waals surface area contributed by atoms with Gasteiger partial charge in [0.1, 0.15) is 0 Å². The van der Waals surface area contributed by atoms with Crippen LogP contribution in [0.15, 0.2) is 96.1 Å². The van der Waals surface area contributed by atoms with Gasteiger partial charge in [-0.3, -0.25) is 0 Å². The van der Waals surface area contributed by atoms with Crippen LogP contribution in [-0.4, -0.2) is 5.92 Å². The van der Waals surface area contributed by atoms with Crippen molar-refractivity contribution in [1.29, 1.82) is 0 Å². The first kappa shape index (κ1) is 42.0. The molecule has 0 aromatic heterocycles. The minimum atomic E-state index is -5.12. The van der Waals surface area contributed by atoms with Gasteiger partial charge in [-0.25, -0.2) is 0 Å². The van der Waals surface area contributed by atoms with Gasteiger partial charge in [0, 0.05) is 0 Å². The van der Waals surface area contributed by atoms with Crippen LogP contribution in [0.25, 0.3) is 34.4 Å². The molecule has 6 aliphatic carbocycles. The molecule has 0 saturated heterocycles. The fourth-order valence-corrected chi connectivity index (χ4v) is 55.9. The van der Waals surface area contributed by atoms with Crippen molar-refractivity contribution in [3.05, 3.63) is 129 Å². The summed E-state index contributed by atoms with van der Waals surface area (Å²) in [5, 5.41) is 0. The Hall–Kier alpha value is -1.96. The molecule has 10 rings (SSSR count). The summed E-state index contributed by atoms with van der Waals surface area (Å²) in [5.41, 5.74) is 18.2. The summed E-state index contributed by atoms with van der Waals surface area (Å²) in [7, 11) is 18.8. The van der Waals surface area contributed by atoms with Gasteiger partial charge >= 0.3 is 375 Å². The SMILES string of the molecule is CCCc1ccc(-c2cccc3c2C=C(CC24CCC(CC2)C4)[CH]3[Zr]([Cl])([Cl])([CH]2C(CC34CCC(CC3)C4)=Cc3c(-c4ccc(CCC)cc4)cccc32)[SiH](C)CCC)cc1. The van der Waals surface area contributed by atoms with Gasteiger partial charge < -0.3 is 0 Å². The molecule has 0 radical (unpaired) electrons. The van der Waals surface area contributed by atoms with Crippen LogP contribution in [0.1, 0.15) is 158 Å². The Kier molecular flexibility index (Phi) is 11.4. The predicted molar refractivity (Wildman–Crippen MR) is 260 cm³/mol. The Morgan fingerprint density at radius 2 is 0.983 bits per heavy atom. The van der Waals surface area contributed by atoms with Crippen LogP contribution in [0.2, 0.25) is 12.6 Å². The van der Waals surface area contributed by atoms with Gasteiger partial charge in [0.15, 0.2) is 0 Å². The molecule has 4 fully saturated rings. The van der Waals surface area contributed by atoms with Crippen LogP contribution in [0, 0.1) is 22.7 Å². The number of rotatable bonds is 15. The molecule has 60 heavy (non-hydrogen) atoms. The summed E-state index contributed by atoms with van der Waals surface area (Å²) >= 11 is -5.12. The Labute approximate surface area is 371 Å². The van der Waals surface area contributed by atoms with Gasteiger partial charge in [-0.2, -0.15) is 0 Å². The first-order valence-electron chi connectivity index (χ1n) is 24.5. The van der Waals surface area contributed by atoms with Crippen LogP contribution in [0.5, 0.6) is 0 Å². The summed E-state index contributed by atoms with van der Waals surface area (Å²) in [6.07, 6.45) is 27.5. The minimum absolute atomic E-state index is 0.153. The summed E-state index contributed by atoms with van der Waals surface area (Å²) < 4.78 is 0.306. The van der Waals surface area contributed by atoms with E-state index in [1.54, 1.807) is 11.1 Å². The van der Waals surface area contributed by atoms with Crippen LogP contribution >= 0.6 is 17.0 Å². The molecule has 4 aromatic carbocycles. The van der Waals surface area contributed by atoms with E-state index in [1.807, 2.05) is 0 Å². The van der Waals surface area contributed by atoms with Crippen molar-refractivity contribution in [2.45, 2.75) is 150 Å². The third-order valence-corrected chi connectivity index (χ3v) is 68.1. The average molecular weight is 932 g/mol. The van der Waals surface area contributed by atoms with Gasteiger partial charge in [-0.1, -0.05) is 0 Å². The Morgan fingerprint density at radius 3 is 1.33 bits per heavy atom. The number of benzene rings is 4. The third-order valence-electron chi connectivity index (χ3n) is 17.6. The molecule has 0 N–H and O–H groups in total. The number of halogens is 2. The maximum absolute atomic E-state index is 9.41. The van der Waals surface area contributed by atoms with Crippen LogP contribution < -0.4 is 0 Å². The van der Waals surface area contributed by atoms with Crippen molar-refractivity contribution in [2.75, 3.05) is 0 Å². The topological polar surface area (TPSA) is 0 Å². The van der Waals surface area contributed by atoms with Crippen molar-refractivity contribution in [3.8, 4) is 22.3 Å². The summed E-state index contributed by atoms with van der Waals surface area (Å²) in [4.78, 5) is 0. The summed E-state index contributed by atoms with van der Waals surface area (Å²) in [6, 6.07) is 34.8. The van der Waals surface area contributed by atoms with Crippen LogP contribution in [-0.2, 0) is 28.4 Å². The normalized spacial score (nSPS) is 28.7. The zero-order valence-electron chi connectivity index (χ0n) is 37.1. The van der Waals surface area contributed by atoms with Gasteiger partial charge in [0.05, 0.1) is 0 Å². The molecule has 4 heteroatoms. The van der Waals surface area contributed by atoms with Crippen LogP contribution in [0.4, 0.5) is 0 Å². The molecular formula is C56H69Cl2SiZr. The predicted octanol–water partition coefficient (Wildman–Crippen LogP) is 17.2. The Balaban J connectivity index is 1.18. The zero-order chi connectivity index (χ0) is 41.3. The van der Waals surface area contributed by atoms with Gasteiger partial charge in [-0.05, 0) is 0 Å². The van der Waals surface area contributed by atoms with E-state index < -0.39 is 21.5 Å². The fourth-order valence-electron chi connectivity index (χ4n) is 14.7. The second kappa shape index (κ2) is 16.2. The summed E-state index contributed by atoms with van der Waals surface area (Å²) in [6.45, 7) is 9.62. The molecular weight excluding hydrogens is 863 g/mol. The first-order chi connectivity index (χ1) is 29.1. The second-order valence-corrected chi connectivity index (χ2v) is 62.7. The quantitative estimate of drug-likeness (QED) is 0.104. The summed E-state index contributed by atoms with van der Waals surface area (Å²) in [5.74, 6) is 0.0969. The molecule has 3 unspecified atom stereocenters. The van der Waals surface area contributed by atoms with Crippen molar-refractivity contribution in [3.63, 3.8) is 0 Å². The molecule has 6 aliphatic rings. The van der Waals surface area contributed by atoms with Crippen molar-refractivity contribution < 1.29 is 15.6 Å². The molecule has 4 bridgehead atoms.